The molecule has 0 radical (unpaired) electrons. The summed E-state index contributed by atoms with van der Waals surface area (Å²) in [6.07, 6.45) is 0. The Hall–Kier alpha value is -1.63. The van der Waals surface area contributed by atoms with E-state index in [9.17, 15) is 9.59 Å². The number of carbonyl (C=O) groups excluding carboxylic acids is 2. The largest absolute Gasteiger partial charge is 0.270 e. The topological polar surface area (TPSA) is 37.4 Å². The third kappa shape index (κ3) is 2.16. The highest BCUT2D eigenvalue weighted by Gasteiger charge is 2.35. The van der Waals surface area contributed by atoms with E-state index in [0.29, 0.717) is 17.7 Å². The van der Waals surface area contributed by atoms with Crippen LogP contribution in [0.3, 0.4) is 0 Å². The first-order valence-corrected chi connectivity index (χ1v) is 7.36. The van der Waals surface area contributed by atoms with Crippen molar-refractivity contribution in [2.45, 2.75) is 6.54 Å². The quantitative estimate of drug-likeness (QED) is 0.452. The van der Waals surface area contributed by atoms with Gasteiger partial charge in [-0.1, -0.05) is 29.7 Å². The van der Waals surface area contributed by atoms with Crippen molar-refractivity contribution in [3.8, 4) is 0 Å². The number of carbonyl (C=O) groups is 2. The van der Waals surface area contributed by atoms with Crippen LogP contribution in [0.4, 0.5) is 0 Å². The average Bonchev–Trinajstić information content (AvgIpc) is 2.67. The van der Waals surface area contributed by atoms with Gasteiger partial charge in [0.05, 0.1) is 17.7 Å². The van der Waals surface area contributed by atoms with E-state index >= 15 is 0 Å². The van der Waals surface area contributed by atoms with E-state index in [-0.39, 0.29) is 11.8 Å². The lowest BCUT2D eigenvalue weighted by Crippen LogP contribution is -2.31. The summed E-state index contributed by atoms with van der Waals surface area (Å²) in [7, 11) is 2.00. The summed E-state index contributed by atoms with van der Waals surface area (Å²) in [5.74, 6) is -0.410. The molecule has 98 valence electrons. The molecule has 1 aliphatic rings. The van der Waals surface area contributed by atoms with Crippen LogP contribution in [-0.2, 0) is 6.54 Å². The van der Waals surface area contributed by atoms with Gasteiger partial charge in [0.15, 0.2) is 0 Å². The molecule has 3 nitrogen and oxygen atoms in total. The van der Waals surface area contributed by atoms with Crippen LogP contribution in [0, 0.1) is 3.57 Å². The zero-order valence-electron chi connectivity index (χ0n) is 10.9. The van der Waals surface area contributed by atoms with Gasteiger partial charge in [0.2, 0.25) is 0 Å². The highest BCUT2D eigenvalue weighted by molar-refractivity contribution is 14.1. The Bertz CT molecular complexity index is 695. The molecule has 2 aromatic rings. The van der Waals surface area contributed by atoms with Crippen molar-refractivity contribution >= 4 is 47.7 Å². The molecule has 0 N–H and O–H groups in total. The van der Waals surface area contributed by atoms with Crippen LogP contribution in [-0.4, -0.2) is 24.6 Å². The summed E-state index contributed by atoms with van der Waals surface area (Å²) in [5.41, 5.74) is 3.09. The van der Waals surface area contributed by atoms with Crippen LogP contribution >= 0.6 is 22.6 Å². The van der Waals surface area contributed by atoms with Gasteiger partial charge in [-0.3, -0.25) is 14.5 Å². The third-order valence-electron chi connectivity index (χ3n) is 3.51. The lowest BCUT2D eigenvalue weighted by Gasteiger charge is -2.15. The van der Waals surface area contributed by atoms with Gasteiger partial charge < -0.3 is 0 Å². The van der Waals surface area contributed by atoms with E-state index < -0.39 is 0 Å². The minimum Gasteiger partial charge on any atom is -0.270 e. The predicted octanol–water partition coefficient (Wildman–Crippen LogP) is 1.35. The second-order valence-electron chi connectivity index (χ2n) is 4.81. The van der Waals surface area contributed by atoms with Crippen molar-refractivity contribution in [2.24, 2.45) is 0 Å². The zero-order chi connectivity index (χ0) is 14.3. The van der Waals surface area contributed by atoms with E-state index in [1.165, 1.54) is 4.90 Å². The highest BCUT2D eigenvalue weighted by atomic mass is 127. The lowest BCUT2D eigenvalue weighted by atomic mass is 9.90. The number of imide groups is 1. The first-order valence-electron chi connectivity index (χ1n) is 6.28. The number of halogens is 1. The molecule has 0 aromatic heterocycles. The Kier molecular flexibility index (Phi) is 3.37. The maximum Gasteiger partial charge on any atom is 0.261 e. The Labute approximate surface area is 131 Å². The number of benzene rings is 2. The van der Waals surface area contributed by atoms with Crippen LogP contribution in [0.2, 0.25) is 0 Å². The molecule has 0 fully saturated rings. The van der Waals surface area contributed by atoms with Crippen molar-refractivity contribution < 1.29 is 9.59 Å². The number of fused-ring (bicyclic) bond motifs is 1. The molecule has 1 aliphatic heterocycles. The monoisotopic (exact) mass is 375 g/mol. The van der Waals surface area contributed by atoms with Gasteiger partial charge in [0.25, 0.3) is 11.8 Å². The van der Waals surface area contributed by atoms with Gasteiger partial charge in [-0.15, -0.1) is 0 Å². The van der Waals surface area contributed by atoms with Crippen LogP contribution in [0.5, 0.6) is 0 Å². The summed E-state index contributed by atoms with van der Waals surface area (Å²) in [4.78, 5) is 25.9. The van der Waals surface area contributed by atoms with E-state index in [1.54, 1.807) is 24.3 Å². The molecule has 0 spiro atoms. The molecule has 0 saturated carbocycles. The number of nitrogens with zero attached hydrogens (tertiary/aromatic N) is 1. The molecule has 0 saturated heterocycles. The van der Waals surface area contributed by atoms with Crippen LogP contribution < -0.4 is 5.46 Å². The first-order chi connectivity index (χ1) is 9.58. The highest BCUT2D eigenvalue weighted by Crippen LogP contribution is 2.23. The van der Waals surface area contributed by atoms with E-state index in [4.69, 9.17) is 0 Å². The third-order valence-corrected chi connectivity index (χ3v) is 4.18. The maximum absolute atomic E-state index is 12.3. The molecule has 2 aromatic carbocycles. The molecule has 0 unspecified atom stereocenters. The Morgan fingerprint density at radius 1 is 1.00 bits per heavy atom. The van der Waals surface area contributed by atoms with Crippen LogP contribution in [0.15, 0.2) is 42.5 Å². The molecule has 20 heavy (non-hydrogen) atoms. The Morgan fingerprint density at radius 3 is 2.15 bits per heavy atom. The lowest BCUT2D eigenvalue weighted by molar-refractivity contribution is 0.0643. The fraction of sp³-hybridized carbons (Fsp3) is 0.0667. The molecule has 5 heteroatoms. The van der Waals surface area contributed by atoms with E-state index in [2.05, 4.69) is 22.6 Å². The minimum absolute atomic E-state index is 0.205. The van der Waals surface area contributed by atoms with Crippen LogP contribution in [0.25, 0.3) is 0 Å². The van der Waals surface area contributed by atoms with Gasteiger partial charge in [0.1, 0.15) is 7.85 Å². The molecule has 1 heterocycles. The number of rotatable bonds is 2. The molecule has 2 amide bonds. The molecular formula is C15H11BINO2. The molecule has 0 aliphatic carbocycles. The predicted molar refractivity (Wildman–Crippen MR) is 88.0 cm³/mol. The van der Waals surface area contributed by atoms with E-state index in [0.717, 1.165) is 14.6 Å². The minimum atomic E-state index is -0.205. The second kappa shape index (κ2) is 5.05. The Morgan fingerprint density at radius 2 is 1.60 bits per heavy atom. The van der Waals surface area contributed by atoms with Crippen molar-refractivity contribution in [1.29, 1.82) is 0 Å². The van der Waals surface area contributed by atoms with Crippen molar-refractivity contribution in [2.75, 3.05) is 0 Å². The summed E-state index contributed by atoms with van der Waals surface area (Å²) in [6, 6.07) is 13.0. The molecular weight excluding hydrogens is 364 g/mol. The average molecular weight is 375 g/mol. The number of hydrogen-bond acceptors (Lipinski definition) is 2. The molecule has 3 rings (SSSR count). The molecule has 0 bridgehead atoms. The number of amides is 2. The molecule has 0 atom stereocenters. The van der Waals surface area contributed by atoms with Gasteiger partial charge in [-0.2, -0.15) is 0 Å². The fourth-order valence-corrected chi connectivity index (χ4v) is 3.04. The van der Waals surface area contributed by atoms with Crippen molar-refractivity contribution in [1.82, 2.24) is 4.90 Å². The van der Waals surface area contributed by atoms with Crippen molar-refractivity contribution in [3.63, 3.8) is 0 Å². The SMILES string of the molecule is Bc1cc(I)ccc1CN1C(=O)c2ccccc2C1=O. The fourth-order valence-electron chi connectivity index (χ4n) is 2.39. The maximum atomic E-state index is 12.3. The Balaban J connectivity index is 1.94. The van der Waals surface area contributed by atoms with Gasteiger partial charge in [0, 0.05) is 3.57 Å². The van der Waals surface area contributed by atoms with Gasteiger partial charge in [-0.05, 0) is 46.4 Å². The number of hydrogen-bond donors (Lipinski definition) is 0. The normalized spacial score (nSPS) is 13.8. The standard InChI is InChI=1S/C15H11BINO2/c16-13-7-10(17)6-5-9(13)8-18-14(19)11-3-1-2-4-12(11)15(18)20/h1-7H,8,16H2. The first kappa shape index (κ1) is 13.4. The zero-order valence-corrected chi connectivity index (χ0v) is 13.0. The van der Waals surface area contributed by atoms with Crippen molar-refractivity contribution in [3.05, 3.63) is 62.7 Å². The summed E-state index contributed by atoms with van der Waals surface area (Å²) >= 11 is 2.25. The summed E-state index contributed by atoms with van der Waals surface area (Å²) in [5, 5.41) is 0. The van der Waals surface area contributed by atoms with Gasteiger partial charge in [-0.25, -0.2) is 0 Å². The van der Waals surface area contributed by atoms with Gasteiger partial charge >= 0.3 is 0 Å². The summed E-state index contributed by atoms with van der Waals surface area (Å²) in [6.45, 7) is 0.328. The second-order valence-corrected chi connectivity index (χ2v) is 6.06. The van der Waals surface area contributed by atoms with E-state index in [1.807, 2.05) is 26.0 Å². The summed E-state index contributed by atoms with van der Waals surface area (Å²) < 4.78 is 1.14. The smallest absolute Gasteiger partial charge is 0.261 e. The van der Waals surface area contributed by atoms with Crippen LogP contribution in [0.1, 0.15) is 26.3 Å².